The molecule has 1 aromatic carbocycles. The molecule has 0 saturated carbocycles. The molecule has 2 rings (SSSR count). The maximum atomic E-state index is 11.6. The first kappa shape index (κ1) is 22.9. The average Bonchev–Trinajstić information content (AvgIpc) is 2.96. The van der Waals surface area contributed by atoms with Gasteiger partial charge < -0.3 is 16.0 Å². The van der Waals surface area contributed by atoms with Crippen LogP contribution in [0.5, 0.6) is 0 Å². The predicted molar refractivity (Wildman–Crippen MR) is 120 cm³/mol. The fourth-order valence-corrected chi connectivity index (χ4v) is 2.65. The number of hydrogen-bond acceptors (Lipinski definition) is 3. The van der Waals surface area contributed by atoms with E-state index in [-0.39, 0.29) is 36.4 Å². The van der Waals surface area contributed by atoms with Crippen molar-refractivity contribution in [3.63, 3.8) is 0 Å². The summed E-state index contributed by atoms with van der Waals surface area (Å²) in [6.07, 6.45) is 0. The van der Waals surface area contributed by atoms with Crippen LogP contribution in [0.25, 0.3) is 5.69 Å². The quantitative estimate of drug-likeness (QED) is 0.320. The van der Waals surface area contributed by atoms with Crippen LogP contribution in [0.3, 0.4) is 0 Å². The number of nitrogens with one attached hydrogen (secondary N) is 3. The minimum absolute atomic E-state index is 0. The molecule has 0 aliphatic heterocycles. The number of aryl methyl sites for hydroxylation is 2. The number of guanidine groups is 1. The van der Waals surface area contributed by atoms with Gasteiger partial charge in [-0.05, 0) is 45.4 Å². The van der Waals surface area contributed by atoms with Crippen LogP contribution in [-0.4, -0.2) is 41.3 Å². The third kappa shape index (κ3) is 6.85. The molecule has 0 saturated heterocycles. The third-order valence-corrected chi connectivity index (χ3v) is 3.77. The van der Waals surface area contributed by atoms with Crippen molar-refractivity contribution in [2.75, 3.05) is 19.6 Å². The van der Waals surface area contributed by atoms with Crippen LogP contribution in [0.1, 0.15) is 30.8 Å². The van der Waals surface area contributed by atoms with Crippen molar-refractivity contribution in [1.29, 1.82) is 0 Å². The summed E-state index contributed by atoms with van der Waals surface area (Å²) in [5.74, 6) is 0.558. The van der Waals surface area contributed by atoms with Crippen molar-refractivity contribution in [3.8, 4) is 5.69 Å². The molecule has 0 aliphatic rings. The second kappa shape index (κ2) is 11.6. The van der Waals surface area contributed by atoms with E-state index in [9.17, 15) is 4.79 Å². The molecule has 0 spiro atoms. The van der Waals surface area contributed by atoms with Crippen molar-refractivity contribution < 1.29 is 4.79 Å². The minimum atomic E-state index is -0.0545. The van der Waals surface area contributed by atoms with Crippen molar-refractivity contribution in [2.45, 2.75) is 34.2 Å². The Morgan fingerprint density at radius 2 is 1.81 bits per heavy atom. The van der Waals surface area contributed by atoms with E-state index in [0.29, 0.717) is 19.0 Å². The Kier molecular flexibility index (Phi) is 9.84. The summed E-state index contributed by atoms with van der Waals surface area (Å²) >= 11 is 0. The van der Waals surface area contributed by atoms with E-state index < -0.39 is 0 Å². The summed E-state index contributed by atoms with van der Waals surface area (Å²) in [6, 6.07) is 10.1. The highest BCUT2D eigenvalue weighted by Gasteiger charge is 2.09. The standard InChI is InChI=1S/C19H28N6O.HI/c1-5-20-18(26)13-23-19(21-6-2)22-12-16-9-7-8-10-17(16)25-15(4)11-14(3)24-25;/h7-11H,5-6,12-13H2,1-4H3,(H,20,26)(H2,21,22,23);1H. The minimum Gasteiger partial charge on any atom is -0.357 e. The van der Waals surface area contributed by atoms with Crippen LogP contribution in [0.2, 0.25) is 0 Å². The predicted octanol–water partition coefficient (Wildman–Crippen LogP) is 2.30. The summed E-state index contributed by atoms with van der Waals surface area (Å²) in [6.45, 7) is 9.93. The first-order valence-electron chi connectivity index (χ1n) is 8.95. The molecule has 2 aromatic rings. The monoisotopic (exact) mass is 484 g/mol. The van der Waals surface area contributed by atoms with E-state index in [1.807, 2.05) is 56.6 Å². The summed E-state index contributed by atoms with van der Waals surface area (Å²) < 4.78 is 1.94. The van der Waals surface area contributed by atoms with Crippen LogP contribution < -0.4 is 16.0 Å². The lowest BCUT2D eigenvalue weighted by molar-refractivity contribution is -0.119. The number of nitrogens with zero attached hydrogens (tertiary/aromatic N) is 3. The maximum absolute atomic E-state index is 11.6. The van der Waals surface area contributed by atoms with Crippen molar-refractivity contribution in [2.24, 2.45) is 4.99 Å². The number of carbonyl (C=O) groups excluding carboxylic acids is 1. The average molecular weight is 484 g/mol. The first-order valence-corrected chi connectivity index (χ1v) is 8.95. The first-order chi connectivity index (χ1) is 12.5. The van der Waals surface area contributed by atoms with E-state index >= 15 is 0 Å². The Labute approximate surface area is 178 Å². The van der Waals surface area contributed by atoms with Gasteiger partial charge in [-0.15, -0.1) is 24.0 Å². The topological polar surface area (TPSA) is 83.3 Å². The van der Waals surface area contributed by atoms with Crippen LogP contribution in [0, 0.1) is 13.8 Å². The van der Waals surface area contributed by atoms with Gasteiger partial charge in [0.1, 0.15) is 0 Å². The number of rotatable bonds is 7. The zero-order valence-corrected chi connectivity index (χ0v) is 18.7. The highest BCUT2D eigenvalue weighted by molar-refractivity contribution is 14.0. The lowest BCUT2D eigenvalue weighted by Gasteiger charge is -2.13. The van der Waals surface area contributed by atoms with Crippen LogP contribution in [0.4, 0.5) is 0 Å². The SMILES string of the molecule is CCNC(=O)CNC(=NCc1ccccc1-n1nc(C)cc1C)NCC.I. The number of hydrogen-bond donors (Lipinski definition) is 3. The normalized spacial score (nSPS) is 10.9. The van der Waals surface area contributed by atoms with Gasteiger partial charge in [-0.2, -0.15) is 5.10 Å². The Morgan fingerprint density at radius 1 is 1.11 bits per heavy atom. The van der Waals surface area contributed by atoms with E-state index in [1.165, 1.54) is 0 Å². The molecule has 0 bridgehead atoms. The smallest absolute Gasteiger partial charge is 0.239 e. The number of likely N-dealkylation sites (N-methyl/N-ethyl adjacent to an activating group) is 1. The molecule has 1 amide bonds. The second-order valence-electron chi connectivity index (χ2n) is 5.97. The second-order valence-corrected chi connectivity index (χ2v) is 5.97. The Balaban J connectivity index is 0.00000364. The van der Waals surface area contributed by atoms with E-state index in [0.717, 1.165) is 29.2 Å². The fraction of sp³-hybridized carbons (Fsp3) is 0.421. The summed E-state index contributed by atoms with van der Waals surface area (Å²) in [7, 11) is 0. The van der Waals surface area contributed by atoms with Gasteiger partial charge in [-0.3, -0.25) is 4.79 Å². The lowest BCUT2D eigenvalue weighted by Crippen LogP contribution is -2.43. The zero-order chi connectivity index (χ0) is 18.9. The molecule has 0 fully saturated rings. The van der Waals surface area contributed by atoms with Gasteiger partial charge in [0.15, 0.2) is 5.96 Å². The summed E-state index contributed by atoms with van der Waals surface area (Å²) in [5, 5.41) is 13.5. The number of aliphatic imine (C=N–C) groups is 1. The molecule has 3 N–H and O–H groups in total. The molecule has 27 heavy (non-hydrogen) atoms. The molecule has 7 nitrogen and oxygen atoms in total. The molecule has 0 radical (unpaired) electrons. The zero-order valence-electron chi connectivity index (χ0n) is 16.4. The van der Waals surface area contributed by atoms with Crippen LogP contribution in [-0.2, 0) is 11.3 Å². The Morgan fingerprint density at radius 3 is 2.44 bits per heavy atom. The lowest BCUT2D eigenvalue weighted by atomic mass is 10.2. The van der Waals surface area contributed by atoms with Gasteiger partial charge in [0.25, 0.3) is 0 Å². The number of carbonyl (C=O) groups is 1. The number of amides is 1. The van der Waals surface area contributed by atoms with Crippen molar-refractivity contribution in [1.82, 2.24) is 25.7 Å². The van der Waals surface area contributed by atoms with Gasteiger partial charge in [-0.1, -0.05) is 18.2 Å². The molecule has 1 heterocycles. The third-order valence-electron chi connectivity index (χ3n) is 3.77. The molecular formula is C19H29IN6O. The van der Waals surface area contributed by atoms with Gasteiger partial charge in [-0.25, -0.2) is 9.67 Å². The number of benzene rings is 1. The van der Waals surface area contributed by atoms with Crippen LogP contribution >= 0.6 is 24.0 Å². The molecule has 8 heteroatoms. The molecule has 0 aliphatic carbocycles. The number of para-hydroxylation sites is 1. The van der Waals surface area contributed by atoms with Crippen LogP contribution in [0.15, 0.2) is 35.3 Å². The number of aromatic nitrogens is 2. The molecular weight excluding hydrogens is 455 g/mol. The van der Waals surface area contributed by atoms with E-state index in [2.05, 4.69) is 32.1 Å². The molecule has 1 aromatic heterocycles. The van der Waals surface area contributed by atoms with Gasteiger partial charge in [0.05, 0.1) is 24.5 Å². The van der Waals surface area contributed by atoms with Gasteiger partial charge in [0, 0.05) is 18.8 Å². The number of halogens is 1. The molecule has 148 valence electrons. The van der Waals surface area contributed by atoms with Gasteiger partial charge >= 0.3 is 0 Å². The molecule has 0 unspecified atom stereocenters. The maximum Gasteiger partial charge on any atom is 0.239 e. The summed E-state index contributed by atoms with van der Waals surface area (Å²) in [4.78, 5) is 16.2. The highest BCUT2D eigenvalue weighted by atomic mass is 127. The van der Waals surface area contributed by atoms with E-state index in [4.69, 9.17) is 0 Å². The fourth-order valence-electron chi connectivity index (χ4n) is 2.65. The summed E-state index contributed by atoms with van der Waals surface area (Å²) in [5.41, 5.74) is 4.15. The van der Waals surface area contributed by atoms with Crippen molar-refractivity contribution in [3.05, 3.63) is 47.3 Å². The molecule has 0 atom stereocenters. The Hall–Kier alpha value is -2.10. The highest BCUT2D eigenvalue weighted by Crippen LogP contribution is 2.17. The van der Waals surface area contributed by atoms with Crippen molar-refractivity contribution >= 4 is 35.8 Å². The largest absolute Gasteiger partial charge is 0.357 e. The van der Waals surface area contributed by atoms with Gasteiger partial charge in [0.2, 0.25) is 5.91 Å². The Bertz CT molecular complexity index is 771. The van der Waals surface area contributed by atoms with E-state index in [1.54, 1.807) is 0 Å².